The maximum atomic E-state index is 3.72. The molecule has 1 fully saturated rings. The van der Waals surface area contributed by atoms with E-state index in [0.717, 1.165) is 13.1 Å². The van der Waals surface area contributed by atoms with Gasteiger partial charge >= 0.3 is 0 Å². The Morgan fingerprint density at radius 1 is 1.22 bits per heavy atom. The van der Waals surface area contributed by atoms with Crippen molar-refractivity contribution in [3.05, 3.63) is 0 Å². The first-order valence-corrected chi connectivity index (χ1v) is 7.51. The predicted molar refractivity (Wildman–Crippen MR) is 81.0 cm³/mol. The summed E-state index contributed by atoms with van der Waals surface area (Å²) in [6.45, 7) is 21.1. The molecule has 1 saturated heterocycles. The third-order valence-electron chi connectivity index (χ3n) is 4.40. The van der Waals surface area contributed by atoms with E-state index in [-0.39, 0.29) is 11.1 Å². The van der Waals surface area contributed by atoms with Crippen LogP contribution in [0.2, 0.25) is 0 Å². The van der Waals surface area contributed by atoms with Gasteiger partial charge in [0, 0.05) is 30.2 Å². The lowest BCUT2D eigenvalue weighted by atomic mass is 9.78. The number of piperazine rings is 1. The SMILES string of the molecule is CCC1(C)CN(C(C)(C)CC(C)(C)C)C(C)CN1. The van der Waals surface area contributed by atoms with E-state index in [1.807, 2.05) is 0 Å². The molecule has 1 rings (SSSR count). The molecule has 2 heteroatoms. The molecule has 0 aromatic heterocycles. The number of hydrogen-bond acceptors (Lipinski definition) is 2. The molecular weight excluding hydrogens is 220 g/mol. The van der Waals surface area contributed by atoms with E-state index in [0.29, 0.717) is 11.5 Å². The number of rotatable bonds is 3. The second-order valence-corrected chi connectivity index (χ2v) is 8.32. The third-order valence-corrected chi connectivity index (χ3v) is 4.40. The van der Waals surface area contributed by atoms with Gasteiger partial charge in [0.1, 0.15) is 0 Å². The lowest BCUT2D eigenvalue weighted by Gasteiger charge is -2.53. The monoisotopic (exact) mass is 254 g/mol. The van der Waals surface area contributed by atoms with E-state index in [9.17, 15) is 0 Å². The van der Waals surface area contributed by atoms with Crippen molar-refractivity contribution in [2.45, 2.75) is 85.4 Å². The Bertz CT molecular complexity index is 277. The summed E-state index contributed by atoms with van der Waals surface area (Å²) >= 11 is 0. The zero-order chi connectivity index (χ0) is 14.2. The Balaban J connectivity index is 2.84. The molecule has 1 heterocycles. The fraction of sp³-hybridized carbons (Fsp3) is 1.00. The largest absolute Gasteiger partial charge is 0.309 e. The van der Waals surface area contributed by atoms with Crippen LogP contribution in [0.1, 0.15) is 68.2 Å². The van der Waals surface area contributed by atoms with Gasteiger partial charge < -0.3 is 5.32 Å². The van der Waals surface area contributed by atoms with Crippen LogP contribution < -0.4 is 5.32 Å². The van der Waals surface area contributed by atoms with Crippen molar-refractivity contribution in [2.24, 2.45) is 5.41 Å². The molecule has 0 saturated carbocycles. The second-order valence-electron chi connectivity index (χ2n) is 8.32. The van der Waals surface area contributed by atoms with E-state index in [4.69, 9.17) is 0 Å². The van der Waals surface area contributed by atoms with Crippen molar-refractivity contribution in [1.29, 1.82) is 0 Å². The Hall–Kier alpha value is -0.0800. The normalized spacial score (nSPS) is 31.7. The van der Waals surface area contributed by atoms with E-state index >= 15 is 0 Å². The maximum Gasteiger partial charge on any atom is 0.0278 e. The predicted octanol–water partition coefficient (Wildman–Crippen LogP) is 3.66. The molecule has 108 valence electrons. The van der Waals surface area contributed by atoms with E-state index in [2.05, 4.69) is 65.6 Å². The lowest BCUT2D eigenvalue weighted by molar-refractivity contribution is -0.00931. The summed E-state index contributed by atoms with van der Waals surface area (Å²) in [5.74, 6) is 0. The molecule has 2 unspecified atom stereocenters. The molecule has 0 aromatic rings. The highest BCUT2D eigenvalue weighted by atomic mass is 15.3. The van der Waals surface area contributed by atoms with Crippen LogP contribution in [0.3, 0.4) is 0 Å². The first-order chi connectivity index (χ1) is 7.99. The van der Waals surface area contributed by atoms with Crippen molar-refractivity contribution in [1.82, 2.24) is 10.2 Å². The van der Waals surface area contributed by atoms with Crippen molar-refractivity contribution >= 4 is 0 Å². The molecule has 1 aliphatic heterocycles. The van der Waals surface area contributed by atoms with Crippen LogP contribution in [0.15, 0.2) is 0 Å². The van der Waals surface area contributed by atoms with Crippen molar-refractivity contribution in [3.63, 3.8) is 0 Å². The number of nitrogens with zero attached hydrogens (tertiary/aromatic N) is 1. The minimum absolute atomic E-state index is 0.274. The van der Waals surface area contributed by atoms with Gasteiger partial charge in [-0.2, -0.15) is 0 Å². The van der Waals surface area contributed by atoms with Gasteiger partial charge in [0.05, 0.1) is 0 Å². The first-order valence-electron chi connectivity index (χ1n) is 7.51. The van der Waals surface area contributed by atoms with Crippen LogP contribution in [0.5, 0.6) is 0 Å². The zero-order valence-electron chi connectivity index (χ0n) is 13.9. The summed E-state index contributed by atoms with van der Waals surface area (Å²) in [6.07, 6.45) is 2.44. The van der Waals surface area contributed by atoms with Gasteiger partial charge in [0.2, 0.25) is 0 Å². The molecule has 18 heavy (non-hydrogen) atoms. The summed E-state index contributed by atoms with van der Waals surface area (Å²) in [5, 5.41) is 3.72. The Labute approximate surface area is 115 Å². The van der Waals surface area contributed by atoms with Gasteiger partial charge in [-0.1, -0.05) is 27.7 Å². The van der Waals surface area contributed by atoms with Crippen molar-refractivity contribution in [3.8, 4) is 0 Å². The summed E-state index contributed by atoms with van der Waals surface area (Å²) in [5.41, 5.74) is 0.939. The fourth-order valence-electron chi connectivity index (χ4n) is 3.54. The third kappa shape index (κ3) is 3.96. The zero-order valence-corrected chi connectivity index (χ0v) is 13.9. The summed E-state index contributed by atoms with van der Waals surface area (Å²) in [4.78, 5) is 2.72. The number of hydrogen-bond donors (Lipinski definition) is 1. The van der Waals surface area contributed by atoms with Gasteiger partial charge in [0.25, 0.3) is 0 Å². The first kappa shape index (κ1) is 16.0. The highest BCUT2D eigenvalue weighted by molar-refractivity contribution is 4.99. The van der Waals surface area contributed by atoms with Crippen LogP contribution >= 0.6 is 0 Å². The van der Waals surface area contributed by atoms with Gasteiger partial charge in [-0.3, -0.25) is 4.90 Å². The molecule has 0 radical (unpaired) electrons. The fourth-order valence-corrected chi connectivity index (χ4v) is 3.54. The molecule has 0 aliphatic carbocycles. The van der Waals surface area contributed by atoms with Crippen molar-refractivity contribution < 1.29 is 0 Å². The molecule has 1 N–H and O–H groups in total. The van der Waals surface area contributed by atoms with Crippen LogP contribution in [-0.2, 0) is 0 Å². The molecule has 0 bridgehead atoms. The highest BCUT2D eigenvalue weighted by Crippen LogP contribution is 2.35. The topological polar surface area (TPSA) is 15.3 Å². The molecule has 1 aliphatic rings. The minimum atomic E-state index is 0.274. The molecule has 0 spiro atoms. The highest BCUT2D eigenvalue weighted by Gasteiger charge is 2.41. The molecule has 0 amide bonds. The van der Waals surface area contributed by atoms with Crippen LogP contribution in [0.25, 0.3) is 0 Å². The van der Waals surface area contributed by atoms with E-state index in [1.165, 1.54) is 12.8 Å². The maximum absolute atomic E-state index is 3.72. The van der Waals surface area contributed by atoms with Gasteiger partial charge in [-0.05, 0) is 46.0 Å². The quantitative estimate of drug-likeness (QED) is 0.827. The lowest BCUT2D eigenvalue weighted by Crippen LogP contribution is -2.66. The standard InChI is InChI=1S/C16H34N2/c1-9-16(8)12-18(13(2)10-17-16)15(6,7)11-14(3,4)5/h13,17H,9-12H2,1-8H3. The molecule has 0 aromatic carbocycles. The Morgan fingerprint density at radius 2 is 1.78 bits per heavy atom. The molecule has 2 nitrogen and oxygen atoms in total. The number of nitrogens with one attached hydrogen (secondary N) is 1. The Kier molecular flexibility index (Phi) is 4.55. The second kappa shape index (κ2) is 5.13. The summed E-state index contributed by atoms with van der Waals surface area (Å²) in [6, 6.07) is 0.627. The van der Waals surface area contributed by atoms with Gasteiger partial charge in [-0.25, -0.2) is 0 Å². The van der Waals surface area contributed by atoms with Gasteiger partial charge in [-0.15, -0.1) is 0 Å². The van der Waals surface area contributed by atoms with Gasteiger partial charge in [0.15, 0.2) is 0 Å². The molecular formula is C16H34N2. The van der Waals surface area contributed by atoms with Crippen LogP contribution in [-0.4, -0.2) is 35.1 Å². The summed E-state index contributed by atoms with van der Waals surface area (Å²) < 4.78 is 0. The van der Waals surface area contributed by atoms with Crippen molar-refractivity contribution in [2.75, 3.05) is 13.1 Å². The average molecular weight is 254 g/mol. The Morgan fingerprint density at radius 3 is 2.22 bits per heavy atom. The summed E-state index contributed by atoms with van der Waals surface area (Å²) in [7, 11) is 0. The van der Waals surface area contributed by atoms with Crippen LogP contribution in [0.4, 0.5) is 0 Å². The van der Waals surface area contributed by atoms with E-state index < -0.39 is 0 Å². The molecule has 2 atom stereocenters. The van der Waals surface area contributed by atoms with E-state index in [1.54, 1.807) is 0 Å². The minimum Gasteiger partial charge on any atom is -0.309 e. The average Bonchev–Trinajstić information content (AvgIpc) is 2.18. The van der Waals surface area contributed by atoms with Crippen LogP contribution in [0, 0.1) is 5.41 Å². The smallest absolute Gasteiger partial charge is 0.0278 e.